The standard InChI is InChI=1S/C8H16O4S/c1-2-13(10,11)12-8-6-4-3-5-7(8)9/h7-9H,2-6H2,1H3/t7-,8-/m0/s1. The Hall–Kier alpha value is -0.130. The van der Waals surface area contributed by atoms with Gasteiger partial charge in [-0.25, -0.2) is 0 Å². The molecule has 13 heavy (non-hydrogen) atoms. The van der Waals surface area contributed by atoms with Crippen LogP contribution in [0.1, 0.15) is 32.6 Å². The Bertz CT molecular complexity index is 247. The maximum Gasteiger partial charge on any atom is 0.267 e. The summed E-state index contributed by atoms with van der Waals surface area (Å²) in [7, 11) is -3.41. The van der Waals surface area contributed by atoms with Crippen LogP contribution >= 0.6 is 0 Å². The van der Waals surface area contributed by atoms with E-state index < -0.39 is 22.3 Å². The van der Waals surface area contributed by atoms with E-state index in [-0.39, 0.29) is 5.75 Å². The molecule has 4 nitrogen and oxygen atoms in total. The van der Waals surface area contributed by atoms with E-state index in [1.165, 1.54) is 6.92 Å². The van der Waals surface area contributed by atoms with Gasteiger partial charge in [0.25, 0.3) is 10.1 Å². The first-order valence-electron chi connectivity index (χ1n) is 4.64. The Kier molecular flexibility index (Phi) is 3.70. The second kappa shape index (κ2) is 4.39. The molecule has 78 valence electrons. The number of hydrogen-bond acceptors (Lipinski definition) is 4. The van der Waals surface area contributed by atoms with Crippen molar-refractivity contribution in [2.75, 3.05) is 5.75 Å². The summed E-state index contributed by atoms with van der Waals surface area (Å²) in [6.07, 6.45) is 2.03. The maximum atomic E-state index is 11.1. The molecule has 1 saturated carbocycles. The highest BCUT2D eigenvalue weighted by molar-refractivity contribution is 7.86. The van der Waals surface area contributed by atoms with Gasteiger partial charge in [-0.05, 0) is 19.8 Å². The Morgan fingerprint density at radius 2 is 2.00 bits per heavy atom. The lowest BCUT2D eigenvalue weighted by Crippen LogP contribution is -2.34. The van der Waals surface area contributed by atoms with Crippen molar-refractivity contribution < 1.29 is 17.7 Å². The maximum absolute atomic E-state index is 11.1. The summed E-state index contributed by atoms with van der Waals surface area (Å²) in [5.41, 5.74) is 0. The lowest BCUT2D eigenvalue weighted by molar-refractivity contribution is 0.0106. The van der Waals surface area contributed by atoms with Gasteiger partial charge in [0, 0.05) is 0 Å². The third kappa shape index (κ3) is 3.25. The molecule has 0 spiro atoms. The first kappa shape index (κ1) is 10.9. The number of rotatable bonds is 3. The molecule has 5 heteroatoms. The van der Waals surface area contributed by atoms with E-state index in [1.807, 2.05) is 0 Å². The fourth-order valence-corrected chi connectivity index (χ4v) is 2.18. The van der Waals surface area contributed by atoms with E-state index in [0.29, 0.717) is 12.8 Å². The molecule has 0 unspecified atom stereocenters. The van der Waals surface area contributed by atoms with Crippen LogP contribution in [0.25, 0.3) is 0 Å². The fourth-order valence-electron chi connectivity index (χ4n) is 1.45. The van der Waals surface area contributed by atoms with Crippen LogP contribution in [0, 0.1) is 0 Å². The minimum absolute atomic E-state index is 0.0315. The highest BCUT2D eigenvalue weighted by Gasteiger charge is 2.27. The lowest BCUT2D eigenvalue weighted by atomic mass is 9.95. The van der Waals surface area contributed by atoms with E-state index in [4.69, 9.17) is 4.18 Å². The average Bonchev–Trinajstić information content (AvgIpc) is 2.09. The predicted octanol–water partition coefficient (Wildman–Crippen LogP) is 0.656. The molecule has 1 aliphatic rings. The first-order valence-corrected chi connectivity index (χ1v) is 6.22. The molecule has 1 aliphatic carbocycles. The van der Waals surface area contributed by atoms with Crippen LogP contribution in [-0.4, -0.2) is 31.5 Å². The third-order valence-electron chi connectivity index (χ3n) is 2.29. The van der Waals surface area contributed by atoms with Gasteiger partial charge in [0.05, 0.1) is 11.9 Å². The van der Waals surface area contributed by atoms with Crippen LogP contribution in [0.5, 0.6) is 0 Å². The summed E-state index contributed by atoms with van der Waals surface area (Å²) < 4.78 is 27.0. The molecule has 2 atom stereocenters. The topological polar surface area (TPSA) is 63.6 Å². The first-order chi connectivity index (χ1) is 6.05. The van der Waals surface area contributed by atoms with E-state index in [0.717, 1.165) is 12.8 Å². The van der Waals surface area contributed by atoms with Crippen molar-refractivity contribution in [1.82, 2.24) is 0 Å². The second-order valence-electron chi connectivity index (χ2n) is 3.33. The van der Waals surface area contributed by atoms with Crippen molar-refractivity contribution in [2.45, 2.75) is 44.8 Å². The number of aliphatic hydroxyl groups excluding tert-OH is 1. The molecule has 0 aromatic carbocycles. The zero-order valence-corrected chi connectivity index (χ0v) is 8.59. The second-order valence-corrected chi connectivity index (χ2v) is 5.22. The van der Waals surface area contributed by atoms with Crippen molar-refractivity contribution in [3.05, 3.63) is 0 Å². The minimum Gasteiger partial charge on any atom is -0.390 e. The fraction of sp³-hybridized carbons (Fsp3) is 1.00. The minimum atomic E-state index is -3.41. The van der Waals surface area contributed by atoms with Crippen molar-refractivity contribution in [1.29, 1.82) is 0 Å². The van der Waals surface area contributed by atoms with Crippen LogP contribution in [0.4, 0.5) is 0 Å². The highest BCUT2D eigenvalue weighted by Crippen LogP contribution is 2.22. The monoisotopic (exact) mass is 208 g/mol. The van der Waals surface area contributed by atoms with Crippen LogP contribution in [-0.2, 0) is 14.3 Å². The van der Waals surface area contributed by atoms with Crippen molar-refractivity contribution in [3.8, 4) is 0 Å². The van der Waals surface area contributed by atoms with Crippen molar-refractivity contribution in [2.24, 2.45) is 0 Å². The molecule has 0 aromatic heterocycles. The van der Waals surface area contributed by atoms with E-state index >= 15 is 0 Å². The Balaban J connectivity index is 2.52. The average molecular weight is 208 g/mol. The Morgan fingerprint density at radius 1 is 1.38 bits per heavy atom. The number of hydrogen-bond donors (Lipinski definition) is 1. The molecule has 0 aromatic rings. The summed E-state index contributed by atoms with van der Waals surface area (Å²) in [5, 5.41) is 9.44. The van der Waals surface area contributed by atoms with Gasteiger partial charge in [-0.2, -0.15) is 8.42 Å². The summed E-state index contributed by atoms with van der Waals surface area (Å²) >= 11 is 0. The molecule has 1 rings (SSSR count). The quantitative estimate of drug-likeness (QED) is 0.692. The van der Waals surface area contributed by atoms with Crippen LogP contribution < -0.4 is 0 Å². The zero-order chi connectivity index (χ0) is 9.90. The third-order valence-corrected chi connectivity index (χ3v) is 3.54. The van der Waals surface area contributed by atoms with Gasteiger partial charge >= 0.3 is 0 Å². The van der Waals surface area contributed by atoms with Gasteiger partial charge < -0.3 is 5.11 Å². The van der Waals surface area contributed by atoms with Crippen LogP contribution in [0.2, 0.25) is 0 Å². The van der Waals surface area contributed by atoms with E-state index in [9.17, 15) is 13.5 Å². The van der Waals surface area contributed by atoms with Gasteiger partial charge in [0.2, 0.25) is 0 Å². The van der Waals surface area contributed by atoms with Gasteiger partial charge in [-0.15, -0.1) is 0 Å². The zero-order valence-electron chi connectivity index (χ0n) is 7.77. The Labute approximate surface area is 79.0 Å². The molecular weight excluding hydrogens is 192 g/mol. The molecule has 0 saturated heterocycles. The number of aliphatic hydroxyl groups is 1. The van der Waals surface area contributed by atoms with Crippen molar-refractivity contribution >= 4 is 10.1 Å². The summed E-state index contributed by atoms with van der Waals surface area (Å²) in [4.78, 5) is 0. The van der Waals surface area contributed by atoms with Gasteiger partial charge in [-0.3, -0.25) is 4.18 Å². The summed E-state index contributed by atoms with van der Waals surface area (Å²) in [5.74, 6) is -0.0315. The molecule has 1 fully saturated rings. The van der Waals surface area contributed by atoms with Crippen LogP contribution in [0.15, 0.2) is 0 Å². The predicted molar refractivity (Wildman–Crippen MR) is 48.8 cm³/mol. The SMILES string of the molecule is CCS(=O)(=O)O[C@H]1CCCC[C@@H]1O. The van der Waals surface area contributed by atoms with Gasteiger partial charge in [-0.1, -0.05) is 12.8 Å². The summed E-state index contributed by atoms with van der Waals surface area (Å²) in [6.45, 7) is 1.53. The highest BCUT2D eigenvalue weighted by atomic mass is 32.2. The lowest BCUT2D eigenvalue weighted by Gasteiger charge is -2.26. The normalized spacial score (nSPS) is 30.3. The van der Waals surface area contributed by atoms with E-state index in [2.05, 4.69) is 0 Å². The summed E-state index contributed by atoms with van der Waals surface area (Å²) in [6, 6.07) is 0. The molecule has 0 heterocycles. The molecule has 0 bridgehead atoms. The van der Waals surface area contributed by atoms with Gasteiger partial charge in [0.1, 0.15) is 6.10 Å². The molecule has 0 aliphatic heterocycles. The molecule has 1 N–H and O–H groups in total. The van der Waals surface area contributed by atoms with Crippen LogP contribution in [0.3, 0.4) is 0 Å². The van der Waals surface area contributed by atoms with Crippen molar-refractivity contribution in [3.63, 3.8) is 0 Å². The largest absolute Gasteiger partial charge is 0.390 e. The molecule has 0 amide bonds. The smallest absolute Gasteiger partial charge is 0.267 e. The van der Waals surface area contributed by atoms with Gasteiger partial charge in [0.15, 0.2) is 0 Å². The van der Waals surface area contributed by atoms with E-state index in [1.54, 1.807) is 0 Å². The molecular formula is C8H16O4S. The molecule has 0 radical (unpaired) electrons. The Morgan fingerprint density at radius 3 is 2.54 bits per heavy atom.